The van der Waals surface area contributed by atoms with Crippen LogP contribution in [0.3, 0.4) is 0 Å². The number of nitrogens with two attached hydrogens (primary N) is 1. The Bertz CT molecular complexity index is 1610. The number of hydrogen-bond donors (Lipinski definition) is 1. The van der Waals surface area contributed by atoms with Crippen molar-refractivity contribution in [2.45, 2.75) is 39.2 Å². The summed E-state index contributed by atoms with van der Waals surface area (Å²) in [6.45, 7) is 8.94. The van der Waals surface area contributed by atoms with Crippen LogP contribution in [-0.2, 0) is 9.53 Å². The average molecular weight is 666 g/mol. The highest BCUT2D eigenvalue weighted by Gasteiger charge is 2.42. The van der Waals surface area contributed by atoms with Gasteiger partial charge in [0.1, 0.15) is 23.3 Å². The third-order valence-electron chi connectivity index (χ3n) is 9.66. The predicted octanol–water partition coefficient (Wildman–Crippen LogP) is 4.60. The van der Waals surface area contributed by atoms with Crippen LogP contribution < -0.4 is 10.6 Å². The quantitative estimate of drug-likeness (QED) is 0.374. The summed E-state index contributed by atoms with van der Waals surface area (Å²) in [6.07, 6.45) is 2.82. The molecule has 4 heterocycles. The lowest BCUT2D eigenvalue weighted by molar-refractivity contribution is -0.130. The summed E-state index contributed by atoms with van der Waals surface area (Å²) in [6, 6.07) is 11.4. The number of carbonyl (C=O) groups excluding carboxylic acids is 3. The molecule has 3 aliphatic rings. The fourth-order valence-electron chi connectivity index (χ4n) is 6.94. The number of amides is 3. The van der Waals surface area contributed by atoms with E-state index < -0.39 is 6.09 Å². The minimum absolute atomic E-state index is 0.0382. The molecular weight excluding hydrogens is 625 g/mol. The molecular formula is C34H41ClFN7O4. The number of fused-ring (bicyclic) bond motifs is 1. The van der Waals surface area contributed by atoms with Gasteiger partial charge in [0.05, 0.1) is 11.9 Å². The minimum atomic E-state index is -0.402. The van der Waals surface area contributed by atoms with Crippen molar-refractivity contribution in [3.05, 3.63) is 70.6 Å². The second-order valence-corrected chi connectivity index (χ2v) is 13.3. The zero-order valence-electron chi connectivity index (χ0n) is 26.8. The molecule has 2 aromatic carbocycles. The molecule has 3 saturated heterocycles. The molecule has 0 saturated carbocycles. The topological polar surface area (TPSA) is 117 Å². The molecule has 3 amide bonds. The van der Waals surface area contributed by atoms with Crippen molar-refractivity contribution in [1.29, 1.82) is 0 Å². The van der Waals surface area contributed by atoms with Gasteiger partial charge in [0.25, 0.3) is 5.91 Å². The van der Waals surface area contributed by atoms with Crippen molar-refractivity contribution in [3.8, 4) is 5.69 Å². The second kappa shape index (κ2) is 13.9. The second-order valence-electron chi connectivity index (χ2n) is 12.8. The molecule has 0 aliphatic carbocycles. The molecule has 250 valence electrons. The number of anilines is 2. The number of halogens is 2. The highest BCUT2D eigenvalue weighted by molar-refractivity contribution is 6.31. The lowest BCUT2D eigenvalue weighted by Crippen LogP contribution is -2.43. The summed E-state index contributed by atoms with van der Waals surface area (Å²) in [5, 5.41) is 4.87. The van der Waals surface area contributed by atoms with Crippen LogP contribution >= 0.6 is 11.6 Å². The lowest BCUT2D eigenvalue weighted by Gasteiger charge is -2.32. The Morgan fingerprint density at radius 3 is 2.34 bits per heavy atom. The van der Waals surface area contributed by atoms with Gasteiger partial charge >= 0.3 is 6.09 Å². The summed E-state index contributed by atoms with van der Waals surface area (Å²) < 4.78 is 20.7. The number of aryl methyl sites for hydroxylation is 1. The first kappa shape index (κ1) is 32.8. The van der Waals surface area contributed by atoms with Crippen molar-refractivity contribution in [1.82, 2.24) is 24.5 Å². The van der Waals surface area contributed by atoms with Crippen molar-refractivity contribution < 1.29 is 23.5 Å². The van der Waals surface area contributed by atoms with Crippen LogP contribution in [0.5, 0.6) is 0 Å². The number of carbonyl (C=O) groups is 3. The van der Waals surface area contributed by atoms with Crippen LogP contribution in [0.4, 0.5) is 20.7 Å². The predicted molar refractivity (Wildman–Crippen MR) is 177 cm³/mol. The normalized spacial score (nSPS) is 20.0. The number of likely N-dealkylation sites (tertiary alicyclic amines) is 3. The molecule has 13 heteroatoms. The Morgan fingerprint density at radius 2 is 1.70 bits per heavy atom. The van der Waals surface area contributed by atoms with Crippen molar-refractivity contribution >= 4 is 41.0 Å². The molecule has 1 aromatic heterocycles. The largest absolute Gasteiger partial charge is 0.446 e. The Morgan fingerprint density at radius 1 is 1.02 bits per heavy atom. The van der Waals surface area contributed by atoms with E-state index in [0.717, 1.165) is 31.6 Å². The van der Waals surface area contributed by atoms with Gasteiger partial charge in [-0.25, -0.2) is 13.9 Å². The molecule has 2 unspecified atom stereocenters. The number of ether oxygens (including phenoxy) is 1. The highest BCUT2D eigenvalue weighted by atomic mass is 35.5. The van der Waals surface area contributed by atoms with Crippen LogP contribution in [-0.4, -0.2) is 101 Å². The standard InChI is InChI=1S/C34H41ClFN7O4/c1-22-4-7-28(16-31(22)35)42(34(46)47-29-10-14-40(15-11-29)23(2)44)13-3-12-39-18-24-20-41(21-25(24)19-39)33(45)30-17-38-43(32(30)37)27-8-5-26(36)6-9-27/h4-9,16-17,24-25,29H,3,10-15,18-21,37H2,1-2H3. The van der Waals surface area contributed by atoms with Crippen molar-refractivity contribution in [2.24, 2.45) is 11.8 Å². The third kappa shape index (κ3) is 7.23. The minimum Gasteiger partial charge on any atom is -0.446 e. The Labute approximate surface area is 279 Å². The molecule has 11 nitrogen and oxygen atoms in total. The van der Waals surface area contributed by atoms with Gasteiger partial charge in [-0.15, -0.1) is 0 Å². The van der Waals surface area contributed by atoms with Gasteiger partial charge in [-0.3, -0.25) is 14.5 Å². The van der Waals surface area contributed by atoms with E-state index in [4.69, 9.17) is 22.1 Å². The van der Waals surface area contributed by atoms with Crippen LogP contribution in [0, 0.1) is 24.6 Å². The Kier molecular flexibility index (Phi) is 9.70. The van der Waals surface area contributed by atoms with Crippen molar-refractivity contribution in [3.63, 3.8) is 0 Å². The number of rotatable bonds is 8. The molecule has 3 aromatic rings. The molecule has 47 heavy (non-hydrogen) atoms. The van der Waals surface area contributed by atoms with E-state index in [9.17, 15) is 18.8 Å². The van der Waals surface area contributed by atoms with E-state index in [-0.39, 0.29) is 29.6 Å². The van der Waals surface area contributed by atoms with Gasteiger partial charge < -0.3 is 25.2 Å². The van der Waals surface area contributed by atoms with Crippen LogP contribution in [0.15, 0.2) is 48.7 Å². The van der Waals surface area contributed by atoms with E-state index in [1.807, 2.05) is 24.0 Å². The number of aromatic nitrogens is 2. The van der Waals surface area contributed by atoms with Gasteiger partial charge in [0, 0.05) is 76.3 Å². The van der Waals surface area contributed by atoms with Crippen LogP contribution in [0.25, 0.3) is 5.69 Å². The number of hydrogen-bond acceptors (Lipinski definition) is 7. The zero-order valence-corrected chi connectivity index (χ0v) is 27.5. The van der Waals surface area contributed by atoms with E-state index in [1.54, 1.807) is 34.9 Å². The Balaban J connectivity index is 1.02. The average Bonchev–Trinajstić information content (AvgIpc) is 3.74. The van der Waals surface area contributed by atoms with Gasteiger partial charge in [-0.1, -0.05) is 17.7 Å². The zero-order chi connectivity index (χ0) is 33.2. The monoisotopic (exact) mass is 665 g/mol. The van der Waals surface area contributed by atoms with E-state index in [0.29, 0.717) is 79.4 Å². The number of piperidine rings is 1. The third-order valence-corrected chi connectivity index (χ3v) is 10.1. The molecule has 6 rings (SSSR count). The summed E-state index contributed by atoms with van der Waals surface area (Å²) in [5.74, 6) is 0.476. The molecule has 0 spiro atoms. The molecule has 3 aliphatic heterocycles. The summed E-state index contributed by atoms with van der Waals surface area (Å²) in [4.78, 5) is 46.3. The van der Waals surface area contributed by atoms with Gasteiger partial charge in [-0.05, 0) is 73.7 Å². The number of nitrogens with zero attached hydrogens (tertiary/aromatic N) is 6. The van der Waals surface area contributed by atoms with E-state index in [2.05, 4.69) is 10.00 Å². The molecule has 2 N–H and O–H groups in total. The summed E-state index contributed by atoms with van der Waals surface area (Å²) in [7, 11) is 0. The van der Waals surface area contributed by atoms with E-state index in [1.165, 1.54) is 23.0 Å². The smallest absolute Gasteiger partial charge is 0.414 e. The van der Waals surface area contributed by atoms with Gasteiger partial charge in [0.2, 0.25) is 5.91 Å². The summed E-state index contributed by atoms with van der Waals surface area (Å²) >= 11 is 6.43. The summed E-state index contributed by atoms with van der Waals surface area (Å²) in [5.41, 5.74) is 8.86. The highest BCUT2D eigenvalue weighted by Crippen LogP contribution is 2.33. The first-order valence-electron chi connectivity index (χ1n) is 16.2. The number of benzene rings is 2. The SMILES string of the molecule is CC(=O)N1CCC(OC(=O)N(CCCN2CC3CN(C(=O)c4cnn(-c5ccc(F)cc5)c4N)CC3C2)c2ccc(C)c(Cl)c2)CC1. The maximum absolute atomic E-state index is 13.4. The van der Waals surface area contributed by atoms with Crippen LogP contribution in [0.2, 0.25) is 5.02 Å². The van der Waals surface area contributed by atoms with Crippen molar-refractivity contribution in [2.75, 3.05) is 63.0 Å². The first-order valence-corrected chi connectivity index (χ1v) is 16.6. The molecule has 2 atom stereocenters. The lowest BCUT2D eigenvalue weighted by atomic mass is 10.0. The van der Waals surface area contributed by atoms with Gasteiger partial charge in [0.15, 0.2) is 0 Å². The van der Waals surface area contributed by atoms with Crippen LogP contribution in [0.1, 0.15) is 42.1 Å². The van der Waals surface area contributed by atoms with Gasteiger partial charge in [-0.2, -0.15) is 5.10 Å². The fraction of sp³-hybridized carbons (Fsp3) is 0.471. The molecule has 0 radical (unpaired) electrons. The maximum atomic E-state index is 13.4. The molecule has 3 fully saturated rings. The maximum Gasteiger partial charge on any atom is 0.414 e. The first-order chi connectivity index (χ1) is 22.6. The Hall–Kier alpha value is -4.16. The number of nitrogen functional groups attached to an aromatic ring is 1. The molecule has 0 bridgehead atoms. The fourth-order valence-corrected chi connectivity index (χ4v) is 7.12. The van der Waals surface area contributed by atoms with E-state index >= 15 is 0 Å².